The van der Waals surface area contributed by atoms with Gasteiger partial charge in [-0.25, -0.2) is 4.39 Å². The second-order valence-corrected chi connectivity index (χ2v) is 8.16. The normalized spacial score (nSPS) is 11.5. The molecular weight excluding hydrogens is 441 g/mol. The number of rotatable bonds is 9. The van der Waals surface area contributed by atoms with Crippen LogP contribution < -0.4 is 5.32 Å². The van der Waals surface area contributed by atoms with Crippen LogP contribution in [-0.2, 0) is 29.1 Å². The van der Waals surface area contributed by atoms with E-state index in [1.54, 1.807) is 23.2 Å². The van der Waals surface area contributed by atoms with E-state index in [1.165, 1.54) is 12.1 Å². The number of amides is 2. The molecule has 4 rings (SSSR count). The molecule has 0 bridgehead atoms. The van der Waals surface area contributed by atoms with Crippen molar-refractivity contribution >= 4 is 11.8 Å². The van der Waals surface area contributed by atoms with Gasteiger partial charge in [-0.3, -0.25) is 14.6 Å². The predicted molar refractivity (Wildman–Crippen MR) is 132 cm³/mol. The van der Waals surface area contributed by atoms with Gasteiger partial charge in [0.1, 0.15) is 11.9 Å². The van der Waals surface area contributed by atoms with Crippen molar-refractivity contribution in [3.63, 3.8) is 0 Å². The van der Waals surface area contributed by atoms with Crippen LogP contribution in [0.4, 0.5) is 4.39 Å². The Bertz CT molecular complexity index is 1230. The van der Waals surface area contributed by atoms with Gasteiger partial charge in [0, 0.05) is 12.7 Å². The number of nitrogens with one attached hydrogen (secondary N) is 1. The highest BCUT2D eigenvalue weighted by molar-refractivity contribution is 5.89. The van der Waals surface area contributed by atoms with Crippen molar-refractivity contribution < 1.29 is 14.0 Å². The third kappa shape index (κ3) is 6.60. The highest BCUT2D eigenvalue weighted by Gasteiger charge is 2.31. The van der Waals surface area contributed by atoms with Crippen LogP contribution in [0.5, 0.6) is 0 Å². The zero-order valence-electron chi connectivity index (χ0n) is 19.2. The first-order valence-corrected chi connectivity index (χ1v) is 11.4. The van der Waals surface area contributed by atoms with Gasteiger partial charge in [0.25, 0.3) is 0 Å². The van der Waals surface area contributed by atoms with Crippen LogP contribution in [-0.4, -0.2) is 21.7 Å². The van der Waals surface area contributed by atoms with E-state index in [2.05, 4.69) is 10.3 Å². The number of halogens is 1. The summed E-state index contributed by atoms with van der Waals surface area (Å²) in [6, 6.07) is 29.2. The van der Waals surface area contributed by atoms with E-state index in [-0.39, 0.29) is 37.1 Å². The summed E-state index contributed by atoms with van der Waals surface area (Å²) in [5.41, 5.74) is 2.98. The number of benzene rings is 3. The van der Waals surface area contributed by atoms with Gasteiger partial charge in [0.2, 0.25) is 11.8 Å². The van der Waals surface area contributed by atoms with Gasteiger partial charge < -0.3 is 10.2 Å². The predicted octanol–water partition coefficient (Wildman–Crippen LogP) is 4.85. The maximum atomic E-state index is 13.6. The van der Waals surface area contributed by atoms with Gasteiger partial charge in [-0.05, 0) is 41.0 Å². The van der Waals surface area contributed by atoms with Crippen molar-refractivity contribution in [1.29, 1.82) is 0 Å². The van der Waals surface area contributed by atoms with Crippen LogP contribution in [0.15, 0.2) is 109 Å². The minimum atomic E-state index is -0.874. The molecule has 1 N–H and O–H groups in total. The van der Waals surface area contributed by atoms with E-state index in [9.17, 15) is 14.0 Å². The van der Waals surface area contributed by atoms with Crippen LogP contribution in [0.2, 0.25) is 0 Å². The third-order valence-corrected chi connectivity index (χ3v) is 5.63. The van der Waals surface area contributed by atoms with Crippen LogP contribution in [0, 0.1) is 5.82 Å². The fourth-order valence-corrected chi connectivity index (χ4v) is 3.87. The maximum absolute atomic E-state index is 13.6. The van der Waals surface area contributed by atoms with Gasteiger partial charge in [0.15, 0.2) is 0 Å². The molecule has 0 unspecified atom stereocenters. The Morgan fingerprint density at radius 1 is 0.800 bits per heavy atom. The highest BCUT2D eigenvalue weighted by Crippen LogP contribution is 2.25. The lowest BCUT2D eigenvalue weighted by Gasteiger charge is -2.32. The molecule has 6 heteroatoms. The molecule has 0 saturated carbocycles. The summed E-state index contributed by atoms with van der Waals surface area (Å²) in [6.45, 7) is 0.392. The second-order valence-electron chi connectivity index (χ2n) is 8.16. The molecule has 2 amide bonds. The van der Waals surface area contributed by atoms with Crippen molar-refractivity contribution in [3.05, 3.63) is 138 Å². The highest BCUT2D eigenvalue weighted by atomic mass is 19.1. The SMILES string of the molecule is O=C(NCc1ccccn1)[C@@H](c1ccccc1)N(Cc1ccc(F)cc1)C(=O)Cc1ccccc1. The van der Waals surface area contributed by atoms with Crippen molar-refractivity contribution in [2.75, 3.05) is 0 Å². The summed E-state index contributed by atoms with van der Waals surface area (Å²) in [7, 11) is 0. The quantitative estimate of drug-likeness (QED) is 0.383. The van der Waals surface area contributed by atoms with E-state index in [0.29, 0.717) is 11.3 Å². The van der Waals surface area contributed by atoms with Crippen LogP contribution in [0.3, 0.4) is 0 Å². The van der Waals surface area contributed by atoms with Crippen molar-refractivity contribution in [3.8, 4) is 0 Å². The Kier molecular flexibility index (Phi) is 7.96. The number of carbonyl (C=O) groups is 2. The van der Waals surface area contributed by atoms with Crippen LogP contribution >= 0.6 is 0 Å². The zero-order valence-corrected chi connectivity index (χ0v) is 19.2. The minimum absolute atomic E-state index is 0.138. The molecule has 5 nitrogen and oxygen atoms in total. The van der Waals surface area contributed by atoms with Gasteiger partial charge in [-0.2, -0.15) is 0 Å². The van der Waals surface area contributed by atoms with Crippen molar-refractivity contribution in [2.24, 2.45) is 0 Å². The molecule has 35 heavy (non-hydrogen) atoms. The molecule has 0 saturated heterocycles. The Balaban J connectivity index is 1.66. The van der Waals surface area contributed by atoms with Crippen LogP contribution in [0.1, 0.15) is 28.4 Å². The lowest BCUT2D eigenvalue weighted by atomic mass is 10.0. The standard InChI is InChI=1S/C29H26FN3O2/c30-25-16-14-23(15-17-25)21-33(27(34)19-22-9-3-1-4-10-22)28(24-11-5-2-6-12-24)29(35)32-20-26-13-7-8-18-31-26/h1-18,28H,19-21H2,(H,32,35)/t28-/m1/s1. The smallest absolute Gasteiger partial charge is 0.247 e. The van der Waals surface area contributed by atoms with Crippen LogP contribution in [0.25, 0.3) is 0 Å². The number of carbonyl (C=O) groups excluding carboxylic acids is 2. The molecule has 0 aliphatic rings. The molecule has 3 aromatic carbocycles. The molecule has 4 aromatic rings. The Hall–Kier alpha value is -4.32. The monoisotopic (exact) mass is 467 g/mol. The third-order valence-electron chi connectivity index (χ3n) is 5.63. The van der Waals surface area contributed by atoms with Gasteiger partial charge in [-0.15, -0.1) is 0 Å². The lowest BCUT2D eigenvalue weighted by molar-refractivity contribution is -0.141. The average Bonchev–Trinajstić information content (AvgIpc) is 2.90. The Morgan fingerprint density at radius 3 is 2.11 bits per heavy atom. The second kappa shape index (κ2) is 11.7. The van der Waals surface area contributed by atoms with E-state index in [4.69, 9.17) is 0 Å². The summed E-state index contributed by atoms with van der Waals surface area (Å²) in [5.74, 6) is -0.878. The summed E-state index contributed by atoms with van der Waals surface area (Å²) in [6.07, 6.45) is 1.80. The maximum Gasteiger partial charge on any atom is 0.247 e. The van der Waals surface area contributed by atoms with Crippen molar-refractivity contribution in [2.45, 2.75) is 25.6 Å². The molecule has 0 spiro atoms. The first kappa shape index (κ1) is 23.8. The minimum Gasteiger partial charge on any atom is -0.348 e. The molecule has 0 fully saturated rings. The van der Waals surface area contributed by atoms with E-state index in [1.807, 2.05) is 78.9 Å². The van der Waals surface area contributed by atoms with E-state index < -0.39 is 6.04 Å². The summed E-state index contributed by atoms with van der Waals surface area (Å²) < 4.78 is 13.5. The first-order valence-electron chi connectivity index (χ1n) is 11.4. The molecule has 176 valence electrons. The van der Waals surface area contributed by atoms with Crippen molar-refractivity contribution in [1.82, 2.24) is 15.2 Å². The van der Waals surface area contributed by atoms with Gasteiger partial charge in [-0.1, -0.05) is 78.9 Å². The molecule has 0 aliphatic heterocycles. The summed E-state index contributed by atoms with van der Waals surface area (Å²) >= 11 is 0. The first-order chi connectivity index (χ1) is 17.1. The fraction of sp³-hybridized carbons (Fsp3) is 0.138. The number of nitrogens with zero attached hydrogens (tertiary/aromatic N) is 2. The summed E-state index contributed by atoms with van der Waals surface area (Å²) in [5, 5.41) is 2.94. The number of hydrogen-bond acceptors (Lipinski definition) is 3. The lowest BCUT2D eigenvalue weighted by Crippen LogP contribution is -2.44. The fourth-order valence-electron chi connectivity index (χ4n) is 3.87. The van der Waals surface area contributed by atoms with E-state index >= 15 is 0 Å². The number of pyridine rings is 1. The zero-order chi connectivity index (χ0) is 24.5. The van der Waals surface area contributed by atoms with Gasteiger partial charge in [0.05, 0.1) is 18.7 Å². The summed E-state index contributed by atoms with van der Waals surface area (Å²) in [4.78, 5) is 33.0. The molecule has 1 atom stereocenters. The molecule has 0 radical (unpaired) electrons. The molecule has 1 aromatic heterocycles. The molecular formula is C29H26FN3O2. The largest absolute Gasteiger partial charge is 0.348 e. The Labute approximate surface area is 204 Å². The number of aromatic nitrogens is 1. The molecule has 0 aliphatic carbocycles. The van der Waals surface area contributed by atoms with Gasteiger partial charge >= 0.3 is 0 Å². The average molecular weight is 468 g/mol. The van der Waals surface area contributed by atoms with E-state index in [0.717, 1.165) is 11.1 Å². The molecule has 1 heterocycles. The topological polar surface area (TPSA) is 62.3 Å². The number of hydrogen-bond donors (Lipinski definition) is 1. The Morgan fingerprint density at radius 2 is 1.46 bits per heavy atom.